The maximum absolute atomic E-state index is 5.05. The van der Waals surface area contributed by atoms with Crippen LogP contribution in [0.5, 0.6) is 0 Å². The molecule has 0 bridgehead atoms. The molecule has 0 radical (unpaired) electrons. The zero-order chi connectivity index (χ0) is 26.2. The average Bonchev–Trinajstić information content (AvgIpc) is 3.55. The summed E-state index contributed by atoms with van der Waals surface area (Å²) in [6.07, 6.45) is 2.00. The van der Waals surface area contributed by atoms with Crippen LogP contribution < -0.4 is 0 Å². The second kappa shape index (κ2) is 8.05. The Morgan fingerprint density at radius 3 is 1.60 bits per heavy atom. The molecule has 0 saturated carbocycles. The van der Waals surface area contributed by atoms with Crippen LogP contribution in [-0.2, 0) is 0 Å². The Morgan fingerprint density at radius 2 is 0.925 bits per heavy atom. The van der Waals surface area contributed by atoms with Crippen molar-refractivity contribution < 1.29 is 0 Å². The van der Waals surface area contributed by atoms with Crippen molar-refractivity contribution in [2.45, 2.75) is 0 Å². The van der Waals surface area contributed by atoms with Crippen LogP contribution in [0.2, 0.25) is 0 Å². The van der Waals surface area contributed by atoms with Crippen LogP contribution in [0.4, 0.5) is 0 Å². The Kier molecular flexibility index (Phi) is 4.33. The molecule has 0 amide bonds. The lowest BCUT2D eigenvalue weighted by Crippen LogP contribution is -2.00. The van der Waals surface area contributed by atoms with Gasteiger partial charge in [-0.25, -0.2) is 4.98 Å². The quantitative estimate of drug-likeness (QED) is 0.227. The molecule has 9 rings (SSSR count). The fraction of sp³-hybridized carbons (Fsp3) is 0. The van der Waals surface area contributed by atoms with Crippen LogP contribution in [0.3, 0.4) is 0 Å². The van der Waals surface area contributed by atoms with Gasteiger partial charge in [-0.1, -0.05) is 103 Å². The van der Waals surface area contributed by atoms with Crippen LogP contribution in [0, 0.1) is 0 Å². The highest BCUT2D eigenvalue weighted by Gasteiger charge is 2.24. The van der Waals surface area contributed by atoms with Gasteiger partial charge in [0.25, 0.3) is 0 Å². The minimum Gasteiger partial charge on any atom is -0.307 e. The van der Waals surface area contributed by atoms with E-state index in [1.165, 1.54) is 54.3 Å². The first kappa shape index (κ1) is 21.5. The molecule has 3 nitrogen and oxygen atoms in total. The number of pyridine rings is 1. The predicted octanol–water partition coefficient (Wildman–Crippen LogP) is 9.58. The standard InChI is InChI=1S/C37H23N3/c1-2-14-26(15-3-1)39-31-20-10-8-18-29(31)34-27-16-6-7-17-28(27)35-30-19-9-11-21-32(30)40(37(35)36(34)39)33-22-24-12-4-5-13-25(24)23-38-33/h1-23H. The number of aromatic nitrogens is 3. The first-order valence-electron chi connectivity index (χ1n) is 13.7. The predicted molar refractivity (Wildman–Crippen MR) is 168 cm³/mol. The van der Waals surface area contributed by atoms with Crippen molar-refractivity contribution in [1.29, 1.82) is 0 Å². The van der Waals surface area contributed by atoms with Crippen molar-refractivity contribution >= 4 is 65.2 Å². The molecule has 0 saturated heterocycles. The molecular weight excluding hydrogens is 486 g/mol. The van der Waals surface area contributed by atoms with Gasteiger partial charge < -0.3 is 4.57 Å². The second-order valence-electron chi connectivity index (χ2n) is 10.4. The second-order valence-corrected chi connectivity index (χ2v) is 10.4. The van der Waals surface area contributed by atoms with Gasteiger partial charge in [0.05, 0.1) is 22.1 Å². The van der Waals surface area contributed by atoms with Crippen molar-refractivity contribution in [2.24, 2.45) is 0 Å². The molecule has 0 atom stereocenters. The van der Waals surface area contributed by atoms with E-state index in [-0.39, 0.29) is 0 Å². The van der Waals surface area contributed by atoms with Crippen molar-refractivity contribution in [2.75, 3.05) is 0 Å². The molecule has 0 N–H and O–H groups in total. The third-order valence-electron chi connectivity index (χ3n) is 8.30. The molecule has 9 aromatic rings. The summed E-state index contributed by atoms with van der Waals surface area (Å²) in [5, 5.41) is 9.86. The molecule has 3 aromatic heterocycles. The lowest BCUT2D eigenvalue weighted by Gasteiger charge is -2.13. The smallest absolute Gasteiger partial charge is 0.138 e. The summed E-state index contributed by atoms with van der Waals surface area (Å²) in [5.74, 6) is 0.923. The van der Waals surface area contributed by atoms with E-state index in [0.717, 1.165) is 22.4 Å². The summed E-state index contributed by atoms with van der Waals surface area (Å²) < 4.78 is 4.82. The number of nitrogens with zero attached hydrogens (tertiary/aromatic N) is 3. The molecule has 0 fully saturated rings. The minimum atomic E-state index is 0.923. The Balaban J connectivity index is 1.63. The Labute approximate surface area is 230 Å². The number of para-hydroxylation sites is 3. The fourth-order valence-electron chi connectivity index (χ4n) is 6.67. The number of fused-ring (bicyclic) bond motifs is 11. The van der Waals surface area contributed by atoms with Crippen LogP contribution >= 0.6 is 0 Å². The first-order chi connectivity index (χ1) is 19.9. The van der Waals surface area contributed by atoms with E-state index in [0.29, 0.717) is 0 Å². The van der Waals surface area contributed by atoms with Gasteiger partial charge in [0.2, 0.25) is 0 Å². The lowest BCUT2D eigenvalue weighted by molar-refractivity contribution is 1.08. The Morgan fingerprint density at radius 1 is 0.425 bits per heavy atom. The molecule has 0 unspecified atom stereocenters. The van der Waals surface area contributed by atoms with Crippen LogP contribution in [-0.4, -0.2) is 14.1 Å². The molecule has 6 aromatic carbocycles. The van der Waals surface area contributed by atoms with Gasteiger partial charge >= 0.3 is 0 Å². The molecule has 40 heavy (non-hydrogen) atoms. The maximum Gasteiger partial charge on any atom is 0.138 e. The van der Waals surface area contributed by atoms with Crippen LogP contribution in [0.1, 0.15) is 0 Å². The summed E-state index contributed by atoms with van der Waals surface area (Å²) >= 11 is 0. The van der Waals surface area contributed by atoms with E-state index in [1.807, 2.05) is 6.20 Å². The van der Waals surface area contributed by atoms with Gasteiger partial charge in [-0.05, 0) is 46.5 Å². The molecular formula is C37H23N3. The summed E-state index contributed by atoms with van der Waals surface area (Å²) in [4.78, 5) is 5.05. The van der Waals surface area contributed by atoms with Crippen molar-refractivity contribution in [3.8, 4) is 11.5 Å². The van der Waals surface area contributed by atoms with E-state index < -0.39 is 0 Å². The topological polar surface area (TPSA) is 22.8 Å². The molecule has 0 spiro atoms. The zero-order valence-electron chi connectivity index (χ0n) is 21.6. The third-order valence-corrected chi connectivity index (χ3v) is 8.30. The summed E-state index contributed by atoms with van der Waals surface area (Å²) in [7, 11) is 0. The van der Waals surface area contributed by atoms with E-state index in [1.54, 1.807) is 0 Å². The van der Waals surface area contributed by atoms with E-state index in [2.05, 4.69) is 143 Å². The molecule has 0 aliphatic rings. The molecule has 0 aliphatic heterocycles. The van der Waals surface area contributed by atoms with Crippen molar-refractivity contribution in [1.82, 2.24) is 14.1 Å². The molecule has 186 valence electrons. The number of hydrogen-bond acceptors (Lipinski definition) is 1. The number of rotatable bonds is 2. The number of hydrogen-bond donors (Lipinski definition) is 0. The van der Waals surface area contributed by atoms with Gasteiger partial charge in [0.15, 0.2) is 0 Å². The van der Waals surface area contributed by atoms with Gasteiger partial charge in [-0.2, -0.15) is 0 Å². The van der Waals surface area contributed by atoms with Crippen LogP contribution in [0.25, 0.3) is 76.7 Å². The van der Waals surface area contributed by atoms with E-state index in [4.69, 9.17) is 4.98 Å². The highest BCUT2D eigenvalue weighted by molar-refractivity contribution is 6.36. The summed E-state index contributed by atoms with van der Waals surface area (Å²) in [6.45, 7) is 0. The largest absolute Gasteiger partial charge is 0.307 e. The highest BCUT2D eigenvalue weighted by Crippen LogP contribution is 2.46. The van der Waals surface area contributed by atoms with Crippen LogP contribution in [0.15, 0.2) is 140 Å². The van der Waals surface area contributed by atoms with Crippen molar-refractivity contribution in [3.05, 3.63) is 140 Å². The SMILES string of the molecule is c1ccc(-n2c3ccccc3c3c4ccccc4c4c5ccccc5n(-c5cc6ccccc6cn5)c4c32)cc1. The number of benzene rings is 6. The Hall–Kier alpha value is -5.41. The van der Waals surface area contributed by atoms with Gasteiger partial charge in [0.1, 0.15) is 5.82 Å². The Bertz CT molecular complexity index is 2430. The molecule has 3 heterocycles. The van der Waals surface area contributed by atoms with Gasteiger partial charge in [-0.15, -0.1) is 0 Å². The van der Waals surface area contributed by atoms with E-state index in [9.17, 15) is 0 Å². The normalized spacial score (nSPS) is 12.0. The molecule has 3 heteroatoms. The van der Waals surface area contributed by atoms with Crippen molar-refractivity contribution in [3.63, 3.8) is 0 Å². The van der Waals surface area contributed by atoms with Gasteiger partial charge in [0, 0.05) is 38.8 Å². The first-order valence-corrected chi connectivity index (χ1v) is 13.7. The fourth-order valence-corrected chi connectivity index (χ4v) is 6.67. The highest BCUT2D eigenvalue weighted by atomic mass is 15.1. The monoisotopic (exact) mass is 509 g/mol. The maximum atomic E-state index is 5.05. The summed E-state index contributed by atoms with van der Waals surface area (Å²) in [6, 6.07) is 47.8. The van der Waals surface area contributed by atoms with Gasteiger partial charge in [-0.3, -0.25) is 4.57 Å². The zero-order valence-corrected chi connectivity index (χ0v) is 21.6. The summed E-state index contributed by atoms with van der Waals surface area (Å²) in [5.41, 5.74) is 5.88. The lowest BCUT2D eigenvalue weighted by atomic mass is 9.98. The van der Waals surface area contributed by atoms with E-state index >= 15 is 0 Å². The minimum absolute atomic E-state index is 0.923. The average molecular weight is 510 g/mol. The molecule has 0 aliphatic carbocycles. The third kappa shape index (κ3) is 2.81.